The van der Waals surface area contributed by atoms with E-state index in [0.29, 0.717) is 43.3 Å². The summed E-state index contributed by atoms with van der Waals surface area (Å²) >= 11 is 1.17. The van der Waals surface area contributed by atoms with Crippen LogP contribution in [0.5, 0.6) is 0 Å². The first-order valence-corrected chi connectivity index (χ1v) is 12.1. The minimum Gasteiger partial charge on any atom is -0.380 e. The predicted octanol–water partition coefficient (Wildman–Crippen LogP) is 3.54. The summed E-state index contributed by atoms with van der Waals surface area (Å²) < 4.78 is 9.43. The highest BCUT2D eigenvalue weighted by atomic mass is 32.1. The molecule has 0 aliphatic carbocycles. The minimum absolute atomic E-state index is 0.00407. The van der Waals surface area contributed by atoms with E-state index in [2.05, 4.69) is 21.8 Å². The van der Waals surface area contributed by atoms with E-state index in [0.717, 1.165) is 36.3 Å². The molecule has 174 valence electrons. The topological polar surface area (TPSA) is 97.3 Å². The van der Waals surface area contributed by atoms with Crippen LogP contribution in [0.1, 0.15) is 89.0 Å². The molecule has 1 fully saturated rings. The molecule has 0 saturated carbocycles. The van der Waals surface area contributed by atoms with E-state index in [-0.39, 0.29) is 23.7 Å². The number of carbonyl (C=O) groups excluding carboxylic acids is 2. The van der Waals surface area contributed by atoms with Crippen molar-refractivity contribution in [1.82, 2.24) is 24.8 Å². The minimum atomic E-state index is -0.122. The van der Waals surface area contributed by atoms with Gasteiger partial charge >= 0.3 is 0 Å². The Kier molecular flexibility index (Phi) is 8.69. The third-order valence-electron chi connectivity index (χ3n) is 5.61. The molecule has 2 amide bonds. The van der Waals surface area contributed by atoms with Crippen molar-refractivity contribution in [2.75, 3.05) is 32.8 Å². The number of piperidine rings is 1. The number of hydrogen-bond donors (Lipinski definition) is 1. The van der Waals surface area contributed by atoms with Crippen LogP contribution in [0.4, 0.5) is 0 Å². The number of nitrogens with zero attached hydrogens (tertiary/aromatic N) is 4. The number of hydrogen-bond acceptors (Lipinski definition) is 7. The normalized spacial score (nSPS) is 14.7. The van der Waals surface area contributed by atoms with Gasteiger partial charge in [0.2, 0.25) is 0 Å². The Labute approximate surface area is 193 Å². The number of amides is 2. The number of rotatable bonds is 9. The second kappa shape index (κ2) is 11.5. The number of aromatic nitrogens is 3. The summed E-state index contributed by atoms with van der Waals surface area (Å²) in [6, 6.07) is 3.73. The Morgan fingerprint density at radius 3 is 2.69 bits per heavy atom. The lowest BCUT2D eigenvalue weighted by Gasteiger charge is -2.32. The molecule has 3 rings (SSSR count). The van der Waals surface area contributed by atoms with Crippen molar-refractivity contribution in [1.29, 1.82) is 0 Å². The zero-order valence-corrected chi connectivity index (χ0v) is 20.2. The average molecular weight is 460 g/mol. The van der Waals surface area contributed by atoms with Gasteiger partial charge in [-0.15, -0.1) is 5.10 Å². The maximum atomic E-state index is 13.0. The van der Waals surface area contributed by atoms with E-state index in [1.165, 1.54) is 11.5 Å². The molecule has 2 aromatic rings. The fourth-order valence-electron chi connectivity index (χ4n) is 3.88. The molecule has 2 aromatic heterocycles. The Bertz CT molecular complexity index is 922. The van der Waals surface area contributed by atoms with Crippen LogP contribution in [0, 0.1) is 6.92 Å². The van der Waals surface area contributed by atoms with Crippen molar-refractivity contribution in [2.45, 2.75) is 58.8 Å². The predicted molar refractivity (Wildman–Crippen MR) is 124 cm³/mol. The molecular weight excluding hydrogens is 426 g/mol. The summed E-state index contributed by atoms with van der Waals surface area (Å²) in [5, 5.41) is 7.07. The zero-order valence-electron chi connectivity index (χ0n) is 19.4. The first kappa shape index (κ1) is 24.3. The standard InChI is InChI=1S/C23H33N5O3S/c1-5-13-31-14-10-24-22(29)18-7-6-16(4)25-20(18)17-8-11-28(12-9-17)23(30)21-19(15(2)3)26-27-32-21/h6-7,15,17H,5,8-14H2,1-4H3,(H,24,29). The summed E-state index contributed by atoms with van der Waals surface area (Å²) in [5.41, 5.74) is 3.10. The maximum absolute atomic E-state index is 13.0. The fraction of sp³-hybridized carbons (Fsp3) is 0.609. The van der Waals surface area contributed by atoms with Gasteiger partial charge in [-0.25, -0.2) is 0 Å². The van der Waals surface area contributed by atoms with Crippen molar-refractivity contribution in [3.63, 3.8) is 0 Å². The van der Waals surface area contributed by atoms with Gasteiger partial charge in [0.25, 0.3) is 11.8 Å². The lowest BCUT2D eigenvalue weighted by atomic mass is 9.89. The van der Waals surface area contributed by atoms with Crippen molar-refractivity contribution in [3.05, 3.63) is 39.7 Å². The monoisotopic (exact) mass is 459 g/mol. The largest absolute Gasteiger partial charge is 0.380 e. The molecule has 0 aromatic carbocycles. The summed E-state index contributed by atoms with van der Waals surface area (Å²) in [6.07, 6.45) is 2.50. The van der Waals surface area contributed by atoms with Crippen molar-refractivity contribution in [2.24, 2.45) is 0 Å². The zero-order chi connectivity index (χ0) is 23.1. The van der Waals surface area contributed by atoms with Crippen LogP contribution >= 0.6 is 11.5 Å². The fourth-order valence-corrected chi connectivity index (χ4v) is 4.67. The molecule has 1 N–H and O–H groups in total. The number of ether oxygens (including phenoxy) is 1. The van der Waals surface area contributed by atoms with Gasteiger partial charge in [0.15, 0.2) is 0 Å². The number of likely N-dealkylation sites (tertiary alicyclic amines) is 1. The molecular formula is C23H33N5O3S. The summed E-state index contributed by atoms with van der Waals surface area (Å²) in [6.45, 7) is 10.9. The highest BCUT2D eigenvalue weighted by Gasteiger charge is 2.30. The summed E-state index contributed by atoms with van der Waals surface area (Å²) in [7, 11) is 0. The molecule has 0 bridgehead atoms. The van der Waals surface area contributed by atoms with Crippen molar-refractivity contribution in [3.8, 4) is 0 Å². The van der Waals surface area contributed by atoms with Crippen molar-refractivity contribution < 1.29 is 14.3 Å². The second-order valence-electron chi connectivity index (χ2n) is 8.46. The van der Waals surface area contributed by atoms with Crippen LogP contribution in [0.25, 0.3) is 0 Å². The summed E-state index contributed by atoms with van der Waals surface area (Å²) in [5.74, 6) is 0.184. The van der Waals surface area contributed by atoms with Gasteiger partial charge in [-0.05, 0) is 55.8 Å². The molecule has 1 saturated heterocycles. The molecule has 1 aliphatic heterocycles. The Morgan fingerprint density at radius 2 is 2.00 bits per heavy atom. The molecule has 0 radical (unpaired) electrons. The molecule has 8 nitrogen and oxygen atoms in total. The Morgan fingerprint density at radius 1 is 1.25 bits per heavy atom. The molecule has 0 atom stereocenters. The van der Waals surface area contributed by atoms with E-state index >= 15 is 0 Å². The smallest absolute Gasteiger partial charge is 0.267 e. The molecule has 1 aliphatic rings. The van der Waals surface area contributed by atoms with Crippen LogP contribution < -0.4 is 5.32 Å². The third-order valence-corrected chi connectivity index (χ3v) is 6.34. The van der Waals surface area contributed by atoms with Crippen LogP contribution in [0.2, 0.25) is 0 Å². The lowest BCUT2D eigenvalue weighted by molar-refractivity contribution is 0.0713. The van der Waals surface area contributed by atoms with E-state index in [1.807, 2.05) is 37.8 Å². The van der Waals surface area contributed by atoms with Crippen LogP contribution in [0.3, 0.4) is 0 Å². The average Bonchev–Trinajstić information content (AvgIpc) is 3.29. The van der Waals surface area contributed by atoms with Crippen LogP contribution in [-0.2, 0) is 4.74 Å². The molecule has 0 unspecified atom stereocenters. The van der Waals surface area contributed by atoms with E-state index in [4.69, 9.17) is 9.72 Å². The molecule has 9 heteroatoms. The van der Waals surface area contributed by atoms with Gasteiger partial charge in [0, 0.05) is 37.9 Å². The van der Waals surface area contributed by atoms with Gasteiger partial charge in [-0.3, -0.25) is 14.6 Å². The van der Waals surface area contributed by atoms with Gasteiger partial charge in [0.05, 0.1) is 23.6 Å². The molecule has 32 heavy (non-hydrogen) atoms. The van der Waals surface area contributed by atoms with E-state index in [1.54, 1.807) is 0 Å². The third kappa shape index (κ3) is 5.89. The SMILES string of the molecule is CCCOCCNC(=O)c1ccc(C)nc1C1CCN(C(=O)c2snnc2C(C)C)CC1. The van der Waals surface area contributed by atoms with Gasteiger partial charge in [-0.2, -0.15) is 0 Å². The van der Waals surface area contributed by atoms with Gasteiger partial charge < -0.3 is 15.0 Å². The van der Waals surface area contributed by atoms with E-state index in [9.17, 15) is 9.59 Å². The number of nitrogens with one attached hydrogen (secondary N) is 1. The highest BCUT2D eigenvalue weighted by molar-refractivity contribution is 7.08. The van der Waals surface area contributed by atoms with Crippen molar-refractivity contribution >= 4 is 23.3 Å². The molecule has 0 spiro atoms. The van der Waals surface area contributed by atoms with Gasteiger partial charge in [0.1, 0.15) is 4.88 Å². The van der Waals surface area contributed by atoms with Crippen LogP contribution in [-0.4, -0.2) is 64.1 Å². The van der Waals surface area contributed by atoms with Crippen LogP contribution in [0.15, 0.2) is 12.1 Å². The second-order valence-corrected chi connectivity index (χ2v) is 9.22. The number of pyridine rings is 1. The Hall–Kier alpha value is -2.39. The van der Waals surface area contributed by atoms with Gasteiger partial charge in [-0.1, -0.05) is 25.3 Å². The number of carbonyl (C=O) groups is 2. The lowest BCUT2D eigenvalue weighted by Crippen LogP contribution is -2.38. The van der Waals surface area contributed by atoms with E-state index < -0.39 is 0 Å². The molecule has 3 heterocycles. The first-order valence-electron chi connectivity index (χ1n) is 11.4. The maximum Gasteiger partial charge on any atom is 0.267 e. The first-order chi connectivity index (χ1) is 15.4. The quantitative estimate of drug-likeness (QED) is 0.576. The summed E-state index contributed by atoms with van der Waals surface area (Å²) in [4.78, 5) is 33.0. The highest BCUT2D eigenvalue weighted by Crippen LogP contribution is 2.31. The Balaban J connectivity index is 1.64. The number of aryl methyl sites for hydroxylation is 1.